The Bertz CT molecular complexity index is 1250. The molecule has 2 heterocycles. The van der Waals surface area contributed by atoms with Crippen LogP contribution in [0, 0.1) is 0 Å². The van der Waals surface area contributed by atoms with Crippen LogP contribution in [0.5, 0.6) is 0 Å². The minimum absolute atomic E-state index is 0.0320. The molecule has 0 bridgehead atoms. The monoisotopic (exact) mass is 439 g/mol. The average Bonchev–Trinajstić information content (AvgIpc) is 3.37. The van der Waals surface area contributed by atoms with Crippen LogP contribution in [0.1, 0.15) is 11.1 Å². The normalized spacial score (nSPS) is 13.2. The molecule has 0 aliphatic carbocycles. The van der Waals surface area contributed by atoms with E-state index in [0.29, 0.717) is 24.5 Å². The quantitative estimate of drug-likeness (QED) is 0.378. The lowest BCUT2D eigenvalue weighted by Gasteiger charge is -2.15. The van der Waals surface area contributed by atoms with E-state index >= 15 is 0 Å². The topological polar surface area (TPSA) is 29.9 Å². The van der Waals surface area contributed by atoms with E-state index in [1.54, 1.807) is 0 Å². The van der Waals surface area contributed by atoms with Crippen LogP contribution >= 0.6 is 11.6 Å². The second-order valence-electron chi connectivity index (χ2n) is 7.37. The summed E-state index contributed by atoms with van der Waals surface area (Å²) in [6.45, 7) is 0.650. The molecule has 0 saturated carbocycles. The summed E-state index contributed by atoms with van der Waals surface area (Å²) in [6, 6.07) is 21.7. The highest BCUT2D eigenvalue weighted by Crippen LogP contribution is 2.40. The Morgan fingerprint density at radius 3 is 2.26 bits per heavy atom. The first-order chi connectivity index (χ1) is 14.9. The molecular formula is C24H17ClF3N3. The highest BCUT2D eigenvalue weighted by atomic mass is 35.5. The smallest absolute Gasteiger partial charge is 0.369 e. The Morgan fingerprint density at radius 1 is 0.871 bits per heavy atom. The van der Waals surface area contributed by atoms with E-state index in [9.17, 15) is 13.2 Å². The maximum absolute atomic E-state index is 13.7. The van der Waals surface area contributed by atoms with Gasteiger partial charge in [-0.3, -0.25) is 0 Å². The Hall–Kier alpha value is -3.25. The molecule has 0 fully saturated rings. The van der Waals surface area contributed by atoms with Crippen LogP contribution in [-0.4, -0.2) is 16.3 Å². The molecule has 3 aromatic carbocycles. The van der Waals surface area contributed by atoms with Crippen molar-refractivity contribution in [3.05, 3.63) is 88.9 Å². The first-order valence-corrected chi connectivity index (χ1v) is 10.2. The molecule has 0 atom stereocenters. The van der Waals surface area contributed by atoms with Crippen molar-refractivity contribution < 1.29 is 13.2 Å². The first-order valence-electron chi connectivity index (χ1n) is 9.80. The van der Waals surface area contributed by atoms with Gasteiger partial charge in [-0.05, 0) is 35.7 Å². The Morgan fingerprint density at radius 2 is 1.55 bits per heavy atom. The fourth-order valence-corrected chi connectivity index (χ4v) is 4.12. The second kappa shape index (κ2) is 7.46. The van der Waals surface area contributed by atoms with E-state index < -0.39 is 11.7 Å². The van der Waals surface area contributed by atoms with Crippen molar-refractivity contribution in [3.8, 4) is 28.1 Å². The number of rotatable bonds is 3. The van der Waals surface area contributed by atoms with Crippen molar-refractivity contribution in [2.75, 3.05) is 11.9 Å². The predicted molar refractivity (Wildman–Crippen MR) is 117 cm³/mol. The van der Waals surface area contributed by atoms with Crippen LogP contribution in [0.2, 0.25) is 5.02 Å². The fourth-order valence-electron chi connectivity index (χ4n) is 3.95. The number of aromatic nitrogens is 2. The summed E-state index contributed by atoms with van der Waals surface area (Å²) >= 11 is 5.85. The molecule has 0 saturated heterocycles. The van der Waals surface area contributed by atoms with Gasteiger partial charge in [0.25, 0.3) is 0 Å². The Labute approximate surface area is 182 Å². The number of benzene rings is 3. The van der Waals surface area contributed by atoms with Crippen LogP contribution in [0.25, 0.3) is 28.1 Å². The molecule has 5 rings (SSSR count). The number of fused-ring (bicyclic) bond motifs is 1. The van der Waals surface area contributed by atoms with Gasteiger partial charge >= 0.3 is 6.18 Å². The number of nitrogens with zero attached hydrogens (tertiary/aromatic N) is 2. The fraction of sp³-hybridized carbons (Fsp3) is 0.125. The van der Waals surface area contributed by atoms with E-state index in [0.717, 1.165) is 28.3 Å². The summed E-state index contributed by atoms with van der Waals surface area (Å²) in [5.74, 6) is 0.593. The van der Waals surface area contributed by atoms with Crippen LogP contribution in [0.15, 0.2) is 72.8 Å². The molecule has 0 unspecified atom stereocenters. The van der Waals surface area contributed by atoms with Gasteiger partial charge in [-0.25, -0.2) is 4.68 Å². The van der Waals surface area contributed by atoms with Crippen molar-refractivity contribution in [2.45, 2.75) is 12.6 Å². The maximum Gasteiger partial charge on any atom is 0.418 e. The summed E-state index contributed by atoms with van der Waals surface area (Å²) in [7, 11) is 0. The third-order valence-corrected chi connectivity index (χ3v) is 5.64. The minimum Gasteiger partial charge on any atom is -0.369 e. The van der Waals surface area contributed by atoms with Gasteiger partial charge in [0.05, 0.1) is 16.9 Å². The average molecular weight is 440 g/mol. The van der Waals surface area contributed by atoms with E-state index in [4.69, 9.17) is 11.6 Å². The van der Waals surface area contributed by atoms with Gasteiger partial charge in [-0.2, -0.15) is 18.3 Å². The molecule has 3 nitrogen and oxygen atoms in total. The zero-order chi connectivity index (χ0) is 21.6. The van der Waals surface area contributed by atoms with Crippen LogP contribution in [-0.2, 0) is 12.6 Å². The summed E-state index contributed by atoms with van der Waals surface area (Å²) in [5, 5.41) is 7.81. The van der Waals surface area contributed by atoms with Gasteiger partial charge in [0.1, 0.15) is 5.82 Å². The standard InChI is InChI=1S/C24H17ClF3N3/c25-18-10-11-21(20(14-18)24(26,27)28)31-23-19(12-13-29-23)22(30-31)17-8-6-16(7-9-17)15-4-2-1-3-5-15/h1-11,14,29H,12-13H2. The molecule has 1 aliphatic rings. The number of anilines is 1. The maximum atomic E-state index is 13.7. The van der Waals surface area contributed by atoms with E-state index in [-0.39, 0.29) is 10.7 Å². The summed E-state index contributed by atoms with van der Waals surface area (Å²) in [5.41, 5.74) is 3.76. The third kappa shape index (κ3) is 3.57. The first kappa shape index (κ1) is 19.7. The molecule has 0 amide bonds. The second-order valence-corrected chi connectivity index (χ2v) is 7.80. The van der Waals surface area contributed by atoms with Gasteiger partial charge in [0.2, 0.25) is 0 Å². The summed E-state index contributed by atoms with van der Waals surface area (Å²) in [6.07, 6.45) is -3.85. The Balaban J connectivity index is 1.61. The van der Waals surface area contributed by atoms with Crippen molar-refractivity contribution in [1.29, 1.82) is 0 Å². The molecule has 31 heavy (non-hydrogen) atoms. The van der Waals surface area contributed by atoms with Gasteiger partial charge in [-0.15, -0.1) is 0 Å². The van der Waals surface area contributed by atoms with E-state index in [2.05, 4.69) is 10.4 Å². The lowest BCUT2D eigenvalue weighted by molar-refractivity contribution is -0.137. The lowest BCUT2D eigenvalue weighted by atomic mass is 10.0. The summed E-state index contributed by atoms with van der Waals surface area (Å²) in [4.78, 5) is 0. The zero-order valence-electron chi connectivity index (χ0n) is 16.2. The molecule has 4 aromatic rings. The van der Waals surface area contributed by atoms with E-state index in [1.165, 1.54) is 16.8 Å². The van der Waals surface area contributed by atoms with Crippen molar-refractivity contribution in [2.24, 2.45) is 0 Å². The molecule has 1 aromatic heterocycles. The number of hydrogen-bond donors (Lipinski definition) is 1. The van der Waals surface area contributed by atoms with Crippen LogP contribution in [0.3, 0.4) is 0 Å². The highest BCUT2D eigenvalue weighted by molar-refractivity contribution is 6.30. The number of nitrogens with one attached hydrogen (secondary N) is 1. The number of halogens is 4. The Kier molecular flexibility index (Phi) is 4.74. The van der Waals surface area contributed by atoms with Gasteiger partial charge in [-0.1, -0.05) is 66.2 Å². The number of hydrogen-bond acceptors (Lipinski definition) is 2. The molecule has 7 heteroatoms. The zero-order valence-corrected chi connectivity index (χ0v) is 17.0. The third-order valence-electron chi connectivity index (χ3n) is 5.41. The lowest BCUT2D eigenvalue weighted by Crippen LogP contribution is -2.13. The molecule has 1 N–H and O–H groups in total. The van der Waals surface area contributed by atoms with Crippen LogP contribution < -0.4 is 5.32 Å². The largest absolute Gasteiger partial charge is 0.418 e. The predicted octanol–water partition coefficient (Wildman–Crippen LogP) is 6.85. The highest BCUT2D eigenvalue weighted by Gasteiger charge is 2.36. The molecule has 1 aliphatic heterocycles. The van der Waals surface area contributed by atoms with Gasteiger partial charge in [0, 0.05) is 22.7 Å². The minimum atomic E-state index is -4.55. The van der Waals surface area contributed by atoms with E-state index in [1.807, 2.05) is 54.6 Å². The number of alkyl halides is 3. The van der Waals surface area contributed by atoms with Crippen LogP contribution in [0.4, 0.5) is 19.0 Å². The van der Waals surface area contributed by atoms with Gasteiger partial charge < -0.3 is 5.32 Å². The SMILES string of the molecule is FC(F)(F)c1cc(Cl)ccc1-n1nc(-c2ccc(-c3ccccc3)cc2)c2c1NCC2. The van der Waals surface area contributed by atoms with Crippen molar-refractivity contribution in [1.82, 2.24) is 9.78 Å². The molecule has 0 radical (unpaired) electrons. The van der Waals surface area contributed by atoms with Crippen molar-refractivity contribution in [3.63, 3.8) is 0 Å². The van der Waals surface area contributed by atoms with Gasteiger partial charge in [0.15, 0.2) is 0 Å². The molecular weight excluding hydrogens is 423 g/mol. The molecule has 0 spiro atoms. The van der Waals surface area contributed by atoms with Crippen molar-refractivity contribution >= 4 is 17.4 Å². The molecule has 156 valence electrons. The summed E-state index contributed by atoms with van der Waals surface area (Å²) < 4.78 is 42.4.